The summed E-state index contributed by atoms with van der Waals surface area (Å²) in [4.78, 5) is 2.38. The molecule has 0 spiro atoms. The van der Waals surface area contributed by atoms with Gasteiger partial charge in [0.2, 0.25) is 0 Å². The van der Waals surface area contributed by atoms with Gasteiger partial charge < -0.3 is 10.0 Å². The molecule has 0 aliphatic heterocycles. The zero-order chi connectivity index (χ0) is 14.0. The Hall–Kier alpha value is -1.02. The third kappa shape index (κ3) is 3.11. The molecule has 0 amide bonds. The predicted molar refractivity (Wildman–Crippen MR) is 81.6 cm³/mol. The number of hydrogen-bond acceptors (Lipinski definition) is 2. The molecule has 0 heterocycles. The molecule has 1 aromatic rings. The van der Waals surface area contributed by atoms with E-state index in [1.165, 1.54) is 11.3 Å². The van der Waals surface area contributed by atoms with Crippen molar-refractivity contribution in [3.05, 3.63) is 29.8 Å². The summed E-state index contributed by atoms with van der Waals surface area (Å²) in [6, 6.07) is 8.69. The lowest BCUT2D eigenvalue weighted by Gasteiger charge is -2.31. The Kier molecular flexibility index (Phi) is 4.19. The first-order chi connectivity index (χ1) is 8.94. The summed E-state index contributed by atoms with van der Waals surface area (Å²) >= 11 is 0. The average Bonchev–Trinajstić information content (AvgIpc) is 2.64. The fourth-order valence-corrected chi connectivity index (χ4v) is 3.15. The lowest BCUT2D eigenvalue weighted by atomic mass is 9.87. The van der Waals surface area contributed by atoms with Gasteiger partial charge in [0, 0.05) is 24.7 Å². The molecule has 0 bridgehead atoms. The Labute approximate surface area is 117 Å². The van der Waals surface area contributed by atoms with Crippen molar-refractivity contribution in [3.63, 3.8) is 0 Å². The van der Waals surface area contributed by atoms with E-state index in [1.807, 2.05) is 0 Å². The van der Waals surface area contributed by atoms with Gasteiger partial charge in [0.25, 0.3) is 0 Å². The fraction of sp³-hybridized carbons (Fsp3) is 0.647. The summed E-state index contributed by atoms with van der Waals surface area (Å²) in [6.07, 6.45) is 2.09. The predicted octanol–water partition coefficient (Wildman–Crippen LogP) is 3.62. The van der Waals surface area contributed by atoms with Gasteiger partial charge in [-0.15, -0.1) is 0 Å². The Morgan fingerprint density at radius 3 is 2.37 bits per heavy atom. The molecule has 0 aromatic heterocycles. The molecule has 106 valence electrons. The number of rotatable bonds is 4. The summed E-state index contributed by atoms with van der Waals surface area (Å²) in [5, 5.41) is 10.4. The highest BCUT2D eigenvalue weighted by molar-refractivity contribution is 5.47. The topological polar surface area (TPSA) is 23.5 Å². The standard InChI is InChI=1S/C17H27NO/c1-5-18(15-8-6-13(2)7-9-15)12-14-10-11-17(3,4)16(14)19/h6-9,14,16,19H,5,10-12H2,1-4H3. The Balaban J connectivity index is 2.06. The molecule has 1 aliphatic rings. The number of hydrogen-bond donors (Lipinski definition) is 1. The largest absolute Gasteiger partial charge is 0.392 e. The van der Waals surface area contributed by atoms with E-state index in [0.717, 1.165) is 25.9 Å². The van der Waals surface area contributed by atoms with Crippen molar-refractivity contribution in [1.82, 2.24) is 0 Å². The highest BCUT2D eigenvalue weighted by atomic mass is 16.3. The Morgan fingerprint density at radius 1 is 1.26 bits per heavy atom. The number of aliphatic hydroxyl groups is 1. The van der Waals surface area contributed by atoms with Gasteiger partial charge >= 0.3 is 0 Å². The van der Waals surface area contributed by atoms with Crippen LogP contribution in [-0.4, -0.2) is 24.3 Å². The van der Waals surface area contributed by atoms with Gasteiger partial charge in [0.1, 0.15) is 0 Å². The van der Waals surface area contributed by atoms with Crippen molar-refractivity contribution in [3.8, 4) is 0 Å². The normalized spacial score (nSPS) is 25.5. The minimum atomic E-state index is -0.174. The SMILES string of the molecule is CCN(CC1CCC(C)(C)C1O)c1ccc(C)cc1. The van der Waals surface area contributed by atoms with Gasteiger partial charge in [0.15, 0.2) is 0 Å². The van der Waals surface area contributed by atoms with Gasteiger partial charge in [-0.05, 0) is 44.2 Å². The van der Waals surface area contributed by atoms with E-state index < -0.39 is 0 Å². The molecular weight excluding hydrogens is 234 g/mol. The van der Waals surface area contributed by atoms with Crippen LogP contribution < -0.4 is 4.90 Å². The average molecular weight is 261 g/mol. The highest BCUT2D eigenvalue weighted by Crippen LogP contribution is 2.41. The van der Waals surface area contributed by atoms with Gasteiger partial charge in [-0.3, -0.25) is 0 Å². The smallest absolute Gasteiger partial charge is 0.0636 e. The van der Waals surface area contributed by atoms with Crippen molar-refractivity contribution < 1.29 is 5.11 Å². The van der Waals surface area contributed by atoms with Gasteiger partial charge in [0.05, 0.1) is 6.10 Å². The van der Waals surface area contributed by atoms with Crippen molar-refractivity contribution in [2.75, 3.05) is 18.0 Å². The third-order valence-electron chi connectivity index (χ3n) is 4.64. The molecule has 2 unspecified atom stereocenters. The minimum absolute atomic E-state index is 0.0807. The van der Waals surface area contributed by atoms with Crippen LogP contribution in [0.3, 0.4) is 0 Å². The van der Waals surface area contributed by atoms with E-state index in [9.17, 15) is 5.11 Å². The van der Waals surface area contributed by atoms with Crippen LogP contribution in [-0.2, 0) is 0 Å². The second kappa shape index (κ2) is 5.54. The molecule has 2 atom stereocenters. The van der Waals surface area contributed by atoms with Crippen molar-refractivity contribution in [2.24, 2.45) is 11.3 Å². The van der Waals surface area contributed by atoms with Crippen LogP contribution >= 0.6 is 0 Å². The maximum atomic E-state index is 10.4. The molecule has 1 N–H and O–H groups in total. The molecule has 19 heavy (non-hydrogen) atoms. The highest BCUT2D eigenvalue weighted by Gasteiger charge is 2.41. The summed E-state index contributed by atoms with van der Waals surface area (Å²) in [6.45, 7) is 10.6. The Bertz CT molecular complexity index is 410. The van der Waals surface area contributed by atoms with Gasteiger partial charge in [-0.25, -0.2) is 0 Å². The number of benzene rings is 1. The van der Waals surface area contributed by atoms with E-state index in [0.29, 0.717) is 5.92 Å². The van der Waals surface area contributed by atoms with E-state index in [1.54, 1.807) is 0 Å². The molecule has 2 heteroatoms. The zero-order valence-electron chi connectivity index (χ0n) is 12.7. The quantitative estimate of drug-likeness (QED) is 0.895. The van der Waals surface area contributed by atoms with Crippen LogP contribution in [0.25, 0.3) is 0 Å². The van der Waals surface area contributed by atoms with Crippen LogP contribution in [0.15, 0.2) is 24.3 Å². The second-order valence-corrected chi connectivity index (χ2v) is 6.61. The van der Waals surface area contributed by atoms with Crippen molar-refractivity contribution in [1.29, 1.82) is 0 Å². The molecule has 2 rings (SSSR count). The second-order valence-electron chi connectivity index (χ2n) is 6.61. The van der Waals surface area contributed by atoms with Crippen LogP contribution in [0.2, 0.25) is 0 Å². The molecule has 1 fully saturated rings. The zero-order valence-corrected chi connectivity index (χ0v) is 12.7. The van der Waals surface area contributed by atoms with Crippen LogP contribution in [0.4, 0.5) is 5.69 Å². The maximum Gasteiger partial charge on any atom is 0.0636 e. The summed E-state index contributed by atoms with van der Waals surface area (Å²) in [5.41, 5.74) is 2.64. The molecular formula is C17H27NO. The third-order valence-corrected chi connectivity index (χ3v) is 4.64. The number of anilines is 1. The Morgan fingerprint density at radius 2 is 1.89 bits per heavy atom. The van der Waals surface area contributed by atoms with E-state index in [2.05, 4.69) is 56.9 Å². The first-order valence-electron chi connectivity index (χ1n) is 7.43. The van der Waals surface area contributed by atoms with Crippen LogP contribution in [0, 0.1) is 18.3 Å². The van der Waals surface area contributed by atoms with Crippen molar-refractivity contribution >= 4 is 5.69 Å². The summed E-state index contributed by atoms with van der Waals surface area (Å²) < 4.78 is 0. The van der Waals surface area contributed by atoms with E-state index in [4.69, 9.17) is 0 Å². The summed E-state index contributed by atoms with van der Waals surface area (Å²) in [5.74, 6) is 0.399. The molecule has 1 aromatic carbocycles. The lowest BCUT2D eigenvalue weighted by Crippen LogP contribution is -2.36. The maximum absolute atomic E-state index is 10.4. The van der Waals surface area contributed by atoms with Crippen LogP contribution in [0.5, 0.6) is 0 Å². The monoisotopic (exact) mass is 261 g/mol. The molecule has 2 nitrogen and oxygen atoms in total. The minimum Gasteiger partial charge on any atom is -0.392 e. The van der Waals surface area contributed by atoms with Crippen LogP contribution in [0.1, 0.15) is 39.2 Å². The lowest BCUT2D eigenvalue weighted by molar-refractivity contribution is 0.0482. The molecule has 0 radical (unpaired) electrons. The molecule has 1 saturated carbocycles. The molecule has 1 aliphatic carbocycles. The number of aliphatic hydroxyl groups excluding tert-OH is 1. The summed E-state index contributed by atoms with van der Waals surface area (Å²) in [7, 11) is 0. The van der Waals surface area contributed by atoms with E-state index >= 15 is 0 Å². The van der Waals surface area contributed by atoms with Gasteiger partial charge in [-0.1, -0.05) is 31.5 Å². The first kappa shape index (κ1) is 14.4. The van der Waals surface area contributed by atoms with Gasteiger partial charge in [-0.2, -0.15) is 0 Å². The van der Waals surface area contributed by atoms with E-state index in [-0.39, 0.29) is 11.5 Å². The fourth-order valence-electron chi connectivity index (χ4n) is 3.15. The first-order valence-corrected chi connectivity index (χ1v) is 7.43. The van der Waals surface area contributed by atoms with Crippen molar-refractivity contribution in [2.45, 2.75) is 46.6 Å². The molecule has 0 saturated heterocycles. The number of nitrogens with zero attached hydrogens (tertiary/aromatic N) is 1. The number of aryl methyl sites for hydroxylation is 1.